The van der Waals surface area contributed by atoms with E-state index in [1.807, 2.05) is 9.80 Å². The molecule has 3 aliphatic rings. The Morgan fingerprint density at radius 3 is 2.78 bits per heavy atom. The van der Waals surface area contributed by atoms with Gasteiger partial charge in [-0.2, -0.15) is 10.2 Å². The third kappa shape index (κ3) is 3.72. The highest BCUT2D eigenvalue weighted by Crippen LogP contribution is 2.37. The van der Waals surface area contributed by atoms with Gasteiger partial charge in [-0.25, -0.2) is 0 Å². The largest absolute Gasteiger partial charge is 0.341 e. The molecule has 0 spiro atoms. The molecule has 3 heterocycles. The minimum Gasteiger partial charge on any atom is -0.341 e. The molecule has 0 aromatic rings. The van der Waals surface area contributed by atoms with Crippen molar-refractivity contribution in [3.05, 3.63) is 0 Å². The number of nitrogens with zero attached hydrogens (tertiary/aromatic N) is 4. The van der Waals surface area contributed by atoms with Crippen LogP contribution in [0, 0.1) is 12.3 Å². The summed E-state index contributed by atoms with van der Waals surface area (Å²) < 4.78 is 0. The smallest absolute Gasteiger partial charge is 0.222 e. The molecule has 0 N–H and O–H groups in total. The second-order valence-corrected chi connectivity index (χ2v) is 6.71. The summed E-state index contributed by atoms with van der Waals surface area (Å²) in [5, 5.41) is 8.16. The van der Waals surface area contributed by atoms with Crippen LogP contribution in [0.4, 0.5) is 0 Å². The van der Waals surface area contributed by atoms with Gasteiger partial charge in [-0.05, 0) is 19.3 Å². The summed E-state index contributed by atoms with van der Waals surface area (Å²) in [6.07, 6.45) is 11.4. The van der Waals surface area contributed by atoms with Crippen molar-refractivity contribution >= 4 is 11.8 Å². The maximum atomic E-state index is 12.5. The van der Waals surface area contributed by atoms with Crippen LogP contribution in [0.1, 0.15) is 51.4 Å². The van der Waals surface area contributed by atoms with Gasteiger partial charge < -0.3 is 9.80 Å². The fraction of sp³-hybridized carbons (Fsp3) is 0.765. The summed E-state index contributed by atoms with van der Waals surface area (Å²) in [6, 6.07) is 0.202. The van der Waals surface area contributed by atoms with Crippen molar-refractivity contribution in [1.29, 1.82) is 0 Å². The number of hydrogen-bond acceptors (Lipinski definition) is 4. The molecule has 3 aliphatic heterocycles. The van der Waals surface area contributed by atoms with E-state index in [0.29, 0.717) is 32.2 Å². The van der Waals surface area contributed by atoms with Gasteiger partial charge in [0, 0.05) is 57.8 Å². The van der Waals surface area contributed by atoms with Crippen molar-refractivity contribution in [2.45, 2.75) is 63.1 Å². The molecule has 0 bridgehead atoms. The van der Waals surface area contributed by atoms with Crippen molar-refractivity contribution < 1.29 is 9.59 Å². The van der Waals surface area contributed by atoms with Crippen LogP contribution in [-0.2, 0) is 9.59 Å². The Morgan fingerprint density at radius 1 is 1.30 bits per heavy atom. The van der Waals surface area contributed by atoms with Crippen molar-refractivity contribution in [3.63, 3.8) is 0 Å². The number of piperidine rings is 1. The van der Waals surface area contributed by atoms with Crippen LogP contribution in [0.5, 0.6) is 0 Å². The van der Waals surface area contributed by atoms with Crippen molar-refractivity contribution in [3.8, 4) is 12.3 Å². The number of amides is 2. The van der Waals surface area contributed by atoms with E-state index in [0.717, 1.165) is 38.8 Å². The average Bonchev–Trinajstić information content (AvgIpc) is 3.22. The van der Waals surface area contributed by atoms with Crippen LogP contribution in [-0.4, -0.2) is 53.0 Å². The highest BCUT2D eigenvalue weighted by molar-refractivity contribution is 5.79. The topological polar surface area (TPSA) is 65.3 Å². The predicted molar refractivity (Wildman–Crippen MR) is 85.4 cm³/mol. The van der Waals surface area contributed by atoms with Gasteiger partial charge in [-0.1, -0.05) is 0 Å². The molecule has 0 radical (unpaired) electrons. The Bertz CT molecular complexity index is 545. The normalized spacial score (nSPS) is 25.5. The first-order valence-corrected chi connectivity index (χ1v) is 8.58. The number of terminal acetylenes is 1. The molecule has 0 aromatic carbocycles. The zero-order valence-corrected chi connectivity index (χ0v) is 13.5. The molecule has 0 aromatic heterocycles. The lowest BCUT2D eigenvalue weighted by Gasteiger charge is -2.37. The number of carbonyl (C=O) groups excluding carboxylic acids is 2. The van der Waals surface area contributed by atoms with Gasteiger partial charge in [0.25, 0.3) is 0 Å². The van der Waals surface area contributed by atoms with Gasteiger partial charge in [0.2, 0.25) is 11.8 Å². The van der Waals surface area contributed by atoms with Crippen LogP contribution in [0.25, 0.3) is 0 Å². The summed E-state index contributed by atoms with van der Waals surface area (Å²) in [5.74, 6) is 3.00. The molecule has 0 aliphatic carbocycles. The number of rotatable bonds is 6. The first-order valence-electron chi connectivity index (χ1n) is 8.58. The lowest BCUT2D eigenvalue weighted by atomic mass is 10.00. The Hall–Kier alpha value is -1.90. The van der Waals surface area contributed by atoms with Crippen molar-refractivity contribution in [2.24, 2.45) is 10.2 Å². The molecule has 1 atom stereocenters. The standard InChI is InChI=1S/C17H24N4O2/c1-2-3-9-17(18-19-17)10-8-15(22)20-11-4-6-14(13-20)21-12-5-7-16(21)23/h1,14H,3-13H2. The molecule has 124 valence electrons. The monoisotopic (exact) mass is 316 g/mol. The van der Waals surface area contributed by atoms with Gasteiger partial charge in [0.1, 0.15) is 0 Å². The van der Waals surface area contributed by atoms with Crippen molar-refractivity contribution in [2.75, 3.05) is 19.6 Å². The molecule has 6 nitrogen and oxygen atoms in total. The van der Waals surface area contributed by atoms with E-state index in [4.69, 9.17) is 6.42 Å². The van der Waals surface area contributed by atoms with E-state index < -0.39 is 0 Å². The van der Waals surface area contributed by atoms with Crippen LogP contribution in [0.3, 0.4) is 0 Å². The van der Waals surface area contributed by atoms with Crippen LogP contribution >= 0.6 is 0 Å². The minimum atomic E-state index is -0.387. The summed E-state index contributed by atoms with van der Waals surface area (Å²) in [5.41, 5.74) is -0.387. The first-order chi connectivity index (χ1) is 11.1. The second-order valence-electron chi connectivity index (χ2n) is 6.71. The Labute approximate surface area is 137 Å². The highest BCUT2D eigenvalue weighted by Gasteiger charge is 2.40. The lowest BCUT2D eigenvalue weighted by Crippen LogP contribution is -2.50. The summed E-state index contributed by atoms with van der Waals surface area (Å²) in [6.45, 7) is 2.32. The van der Waals surface area contributed by atoms with Gasteiger partial charge in [-0.3, -0.25) is 9.59 Å². The van der Waals surface area contributed by atoms with Gasteiger partial charge in [0.05, 0.1) is 0 Å². The molecule has 6 heteroatoms. The first kappa shape index (κ1) is 16.0. The molecular weight excluding hydrogens is 292 g/mol. The zero-order valence-electron chi connectivity index (χ0n) is 13.5. The SMILES string of the molecule is C#CCCC1(CCC(=O)N2CCCC(N3CCCC3=O)C2)N=N1. The Kier molecular flexibility index (Phi) is 4.65. The third-order valence-electron chi connectivity index (χ3n) is 5.09. The molecule has 1 unspecified atom stereocenters. The Balaban J connectivity index is 1.47. The number of hydrogen-bond donors (Lipinski definition) is 0. The maximum Gasteiger partial charge on any atom is 0.222 e. The van der Waals surface area contributed by atoms with E-state index in [-0.39, 0.29) is 23.5 Å². The molecular formula is C17H24N4O2. The molecule has 3 rings (SSSR count). The number of likely N-dealkylation sites (tertiary alicyclic amines) is 2. The van der Waals surface area contributed by atoms with Crippen LogP contribution in [0.15, 0.2) is 10.2 Å². The Morgan fingerprint density at radius 2 is 2.13 bits per heavy atom. The van der Waals surface area contributed by atoms with E-state index in [2.05, 4.69) is 16.1 Å². The van der Waals surface area contributed by atoms with E-state index in [1.54, 1.807) is 0 Å². The van der Waals surface area contributed by atoms with Gasteiger partial charge in [-0.15, -0.1) is 12.3 Å². The predicted octanol–water partition coefficient (Wildman–Crippen LogP) is 1.96. The van der Waals surface area contributed by atoms with E-state index in [1.165, 1.54) is 0 Å². The van der Waals surface area contributed by atoms with Gasteiger partial charge >= 0.3 is 0 Å². The lowest BCUT2D eigenvalue weighted by molar-refractivity contribution is -0.137. The second kappa shape index (κ2) is 6.69. The van der Waals surface area contributed by atoms with Crippen molar-refractivity contribution in [1.82, 2.24) is 9.80 Å². The molecule has 2 amide bonds. The maximum absolute atomic E-state index is 12.5. The van der Waals surface area contributed by atoms with E-state index >= 15 is 0 Å². The fourth-order valence-electron chi connectivity index (χ4n) is 3.62. The number of carbonyl (C=O) groups is 2. The van der Waals surface area contributed by atoms with Gasteiger partial charge in [0.15, 0.2) is 5.66 Å². The van der Waals surface area contributed by atoms with Crippen LogP contribution < -0.4 is 0 Å². The molecule has 2 fully saturated rings. The van der Waals surface area contributed by atoms with Crippen LogP contribution in [0.2, 0.25) is 0 Å². The summed E-state index contributed by atoms with van der Waals surface area (Å²) >= 11 is 0. The molecule has 0 saturated carbocycles. The zero-order chi connectivity index (χ0) is 16.3. The fourth-order valence-corrected chi connectivity index (χ4v) is 3.62. The molecule has 23 heavy (non-hydrogen) atoms. The third-order valence-corrected chi connectivity index (χ3v) is 5.09. The quantitative estimate of drug-likeness (QED) is 0.703. The molecule has 2 saturated heterocycles. The van der Waals surface area contributed by atoms with E-state index in [9.17, 15) is 9.59 Å². The summed E-state index contributed by atoms with van der Waals surface area (Å²) in [4.78, 5) is 28.3. The minimum absolute atomic E-state index is 0.152. The summed E-state index contributed by atoms with van der Waals surface area (Å²) in [7, 11) is 0. The highest BCUT2D eigenvalue weighted by atomic mass is 16.2. The average molecular weight is 316 g/mol.